The Hall–Kier alpha value is -2.19. The Morgan fingerprint density at radius 3 is 2.61 bits per heavy atom. The van der Waals surface area contributed by atoms with Crippen LogP contribution in [-0.2, 0) is 5.75 Å². The van der Waals surface area contributed by atoms with Crippen molar-refractivity contribution in [3.8, 4) is 5.69 Å². The number of halogens is 1. The van der Waals surface area contributed by atoms with Gasteiger partial charge in [-0.3, -0.25) is 0 Å². The third-order valence-electron chi connectivity index (χ3n) is 3.10. The van der Waals surface area contributed by atoms with Gasteiger partial charge in [-0.1, -0.05) is 58.0 Å². The van der Waals surface area contributed by atoms with Gasteiger partial charge in [-0.05, 0) is 39.8 Å². The molecule has 0 aliphatic carbocycles. The Bertz CT molecular complexity index is 836. The van der Waals surface area contributed by atoms with Crippen LogP contribution in [0.2, 0.25) is 0 Å². The number of carboxylic acids is 1. The van der Waals surface area contributed by atoms with Crippen molar-refractivity contribution in [2.45, 2.75) is 10.9 Å². The molecule has 0 spiro atoms. The van der Waals surface area contributed by atoms with Crippen LogP contribution in [0.3, 0.4) is 0 Å². The Kier molecular flexibility index (Phi) is 4.73. The second kappa shape index (κ2) is 6.93. The molecule has 0 saturated carbocycles. The van der Waals surface area contributed by atoms with Crippen LogP contribution in [0.15, 0.2) is 58.2 Å². The van der Waals surface area contributed by atoms with Gasteiger partial charge in [0.25, 0.3) is 0 Å². The second-order valence-electron chi connectivity index (χ2n) is 4.59. The number of aromatic carboxylic acids is 1. The zero-order valence-electron chi connectivity index (χ0n) is 11.7. The number of nitrogens with zero attached hydrogens (tertiary/aromatic N) is 4. The van der Waals surface area contributed by atoms with Crippen molar-refractivity contribution in [2.75, 3.05) is 0 Å². The van der Waals surface area contributed by atoms with Crippen molar-refractivity contribution >= 4 is 33.7 Å². The highest BCUT2D eigenvalue weighted by molar-refractivity contribution is 9.10. The van der Waals surface area contributed by atoms with E-state index in [2.05, 4.69) is 31.5 Å². The highest BCUT2D eigenvalue weighted by Gasteiger charge is 2.10. The van der Waals surface area contributed by atoms with Gasteiger partial charge in [0.05, 0.1) is 11.7 Å². The van der Waals surface area contributed by atoms with E-state index in [1.807, 2.05) is 24.3 Å². The fraction of sp³-hybridized carbons (Fsp3) is 0.0667. The van der Waals surface area contributed by atoms with E-state index in [1.54, 1.807) is 16.8 Å². The number of benzene rings is 2. The molecule has 0 radical (unpaired) electrons. The smallest absolute Gasteiger partial charge is 0.214 e. The molecule has 0 amide bonds. The van der Waals surface area contributed by atoms with Gasteiger partial charge >= 0.3 is 0 Å². The summed E-state index contributed by atoms with van der Waals surface area (Å²) in [6, 6.07) is 14.2. The third kappa shape index (κ3) is 3.59. The van der Waals surface area contributed by atoms with E-state index < -0.39 is 5.97 Å². The summed E-state index contributed by atoms with van der Waals surface area (Å²) in [5.74, 6) is -0.504. The van der Waals surface area contributed by atoms with Crippen LogP contribution >= 0.6 is 27.7 Å². The zero-order chi connectivity index (χ0) is 16.2. The van der Waals surface area contributed by atoms with E-state index >= 15 is 0 Å². The molecular weight excluding hydrogens is 380 g/mol. The Morgan fingerprint density at radius 1 is 1.17 bits per heavy atom. The number of hydrogen-bond acceptors (Lipinski definition) is 6. The number of aromatic nitrogens is 4. The van der Waals surface area contributed by atoms with Crippen LogP contribution in [0, 0.1) is 0 Å². The van der Waals surface area contributed by atoms with Crippen LogP contribution in [0.4, 0.5) is 0 Å². The molecule has 3 rings (SSSR count). The van der Waals surface area contributed by atoms with Crippen LogP contribution in [0.25, 0.3) is 5.69 Å². The molecule has 0 aliphatic rings. The molecule has 23 heavy (non-hydrogen) atoms. The maximum absolute atomic E-state index is 10.8. The molecule has 0 fully saturated rings. The molecule has 0 atom stereocenters. The summed E-state index contributed by atoms with van der Waals surface area (Å²) < 4.78 is 2.60. The van der Waals surface area contributed by atoms with Crippen molar-refractivity contribution in [1.29, 1.82) is 0 Å². The average Bonchev–Trinajstić information content (AvgIpc) is 3.02. The maximum atomic E-state index is 10.8. The highest BCUT2D eigenvalue weighted by atomic mass is 79.9. The van der Waals surface area contributed by atoms with E-state index in [0.717, 1.165) is 10.0 Å². The van der Waals surface area contributed by atoms with Gasteiger partial charge in [0, 0.05) is 10.2 Å². The Morgan fingerprint density at radius 2 is 1.91 bits per heavy atom. The summed E-state index contributed by atoms with van der Waals surface area (Å²) in [5.41, 5.74) is 1.94. The lowest BCUT2D eigenvalue weighted by Crippen LogP contribution is -2.22. The molecular formula is C15H10BrN4O2S-. The molecule has 116 valence electrons. The van der Waals surface area contributed by atoms with Crippen molar-refractivity contribution in [1.82, 2.24) is 20.2 Å². The van der Waals surface area contributed by atoms with Gasteiger partial charge in [-0.2, -0.15) is 4.68 Å². The first-order chi connectivity index (χ1) is 11.1. The fourth-order valence-corrected chi connectivity index (χ4v) is 3.43. The number of carbonyl (C=O) groups is 1. The normalized spacial score (nSPS) is 10.7. The first kappa shape index (κ1) is 15.7. The number of tetrazole rings is 1. The maximum Gasteiger partial charge on any atom is 0.214 e. The lowest BCUT2D eigenvalue weighted by atomic mass is 10.2. The van der Waals surface area contributed by atoms with Gasteiger partial charge in [0.15, 0.2) is 0 Å². The third-order valence-corrected chi connectivity index (χ3v) is 4.84. The highest BCUT2D eigenvalue weighted by Crippen LogP contribution is 2.26. The lowest BCUT2D eigenvalue weighted by molar-refractivity contribution is -0.255. The number of hydrogen-bond donors (Lipinski definition) is 0. The van der Waals surface area contributed by atoms with E-state index in [-0.39, 0.29) is 5.56 Å². The molecule has 1 heterocycles. The van der Waals surface area contributed by atoms with Gasteiger partial charge in [0.1, 0.15) is 0 Å². The fourth-order valence-electron chi connectivity index (χ4n) is 1.93. The van der Waals surface area contributed by atoms with Crippen LogP contribution in [0.5, 0.6) is 0 Å². The predicted octanol–water partition coefficient (Wildman–Crippen LogP) is 2.08. The van der Waals surface area contributed by atoms with Crippen LogP contribution in [0.1, 0.15) is 15.9 Å². The molecule has 0 bridgehead atoms. The molecule has 0 saturated heterocycles. The molecule has 2 aromatic carbocycles. The second-order valence-corrected chi connectivity index (χ2v) is 6.38. The van der Waals surface area contributed by atoms with E-state index in [1.165, 1.54) is 23.9 Å². The zero-order valence-corrected chi connectivity index (χ0v) is 14.1. The van der Waals surface area contributed by atoms with Gasteiger partial charge in [-0.15, -0.1) is 5.10 Å². The van der Waals surface area contributed by atoms with Crippen molar-refractivity contribution in [3.63, 3.8) is 0 Å². The van der Waals surface area contributed by atoms with E-state index in [0.29, 0.717) is 16.6 Å². The average molecular weight is 390 g/mol. The molecule has 0 aliphatic heterocycles. The standard InChI is InChI=1S/C15H11BrN4O2S/c16-13-4-2-1-3-11(13)9-23-15-17-18-19-20(15)12-7-5-10(6-8-12)14(21)22/h1-8H,9H2,(H,21,22)/p-1. The number of carbonyl (C=O) groups excluding carboxylic acids is 1. The molecule has 3 aromatic rings. The van der Waals surface area contributed by atoms with Gasteiger partial charge in [0.2, 0.25) is 5.16 Å². The summed E-state index contributed by atoms with van der Waals surface area (Å²) in [5, 5.41) is 23.1. The summed E-state index contributed by atoms with van der Waals surface area (Å²) in [7, 11) is 0. The largest absolute Gasteiger partial charge is 0.545 e. The van der Waals surface area contributed by atoms with Crippen LogP contribution < -0.4 is 5.11 Å². The summed E-state index contributed by atoms with van der Waals surface area (Å²) in [4.78, 5) is 10.8. The summed E-state index contributed by atoms with van der Waals surface area (Å²) in [6.07, 6.45) is 0. The molecule has 0 unspecified atom stereocenters. The Labute approximate surface area is 144 Å². The SMILES string of the molecule is O=C([O-])c1ccc(-n2nnnc2SCc2ccccc2Br)cc1. The minimum Gasteiger partial charge on any atom is -0.545 e. The predicted molar refractivity (Wildman–Crippen MR) is 87.2 cm³/mol. The number of carboxylic acid groups (broad SMARTS) is 1. The first-order valence-electron chi connectivity index (χ1n) is 6.61. The minimum absolute atomic E-state index is 0.115. The topological polar surface area (TPSA) is 83.7 Å². The number of rotatable bonds is 5. The van der Waals surface area contributed by atoms with Crippen molar-refractivity contribution in [2.24, 2.45) is 0 Å². The van der Waals surface area contributed by atoms with E-state index in [9.17, 15) is 9.90 Å². The van der Waals surface area contributed by atoms with Crippen molar-refractivity contribution < 1.29 is 9.90 Å². The Balaban J connectivity index is 1.79. The van der Waals surface area contributed by atoms with Crippen molar-refractivity contribution in [3.05, 3.63) is 64.1 Å². The number of thioether (sulfide) groups is 1. The van der Waals surface area contributed by atoms with Gasteiger partial charge in [-0.25, -0.2) is 0 Å². The monoisotopic (exact) mass is 389 g/mol. The van der Waals surface area contributed by atoms with Gasteiger partial charge < -0.3 is 9.90 Å². The van der Waals surface area contributed by atoms with E-state index in [4.69, 9.17) is 0 Å². The minimum atomic E-state index is -1.21. The molecule has 1 aromatic heterocycles. The summed E-state index contributed by atoms with van der Waals surface area (Å²) >= 11 is 5.01. The quantitative estimate of drug-likeness (QED) is 0.621. The molecule has 0 N–H and O–H groups in total. The molecule has 6 nitrogen and oxygen atoms in total. The lowest BCUT2D eigenvalue weighted by Gasteiger charge is -2.07. The summed E-state index contributed by atoms with van der Waals surface area (Å²) in [6.45, 7) is 0. The first-order valence-corrected chi connectivity index (χ1v) is 8.39. The van der Waals surface area contributed by atoms with Crippen LogP contribution in [-0.4, -0.2) is 26.2 Å². The molecule has 8 heteroatoms.